The first-order valence-electron chi connectivity index (χ1n) is 8.13. The molecule has 0 fully saturated rings. The van der Waals surface area contributed by atoms with Crippen molar-refractivity contribution < 1.29 is 14.3 Å². The Morgan fingerprint density at radius 1 is 1.16 bits per heavy atom. The summed E-state index contributed by atoms with van der Waals surface area (Å²) >= 11 is 0. The van der Waals surface area contributed by atoms with E-state index in [1.807, 2.05) is 51.1 Å². The molecular weight excluding hydrogens is 316 g/mol. The molecule has 1 aromatic carbocycles. The van der Waals surface area contributed by atoms with E-state index in [4.69, 9.17) is 14.3 Å². The standard InChI is InChI=1S/C20H24N2O3/c1-5-6-9-24-19-10-15(2)20(16(3)11-19)25-14-17-7-8-21-12-18(17)13-22-23-4/h5-8,10-13H,9,14H2,1-4H3/b6-5+,22-13?. The topological polar surface area (TPSA) is 52.9 Å². The molecule has 2 rings (SSSR count). The number of hydrogen-bond donors (Lipinski definition) is 0. The smallest absolute Gasteiger partial charge is 0.125 e. The van der Waals surface area contributed by atoms with Crippen molar-refractivity contribution in [2.24, 2.45) is 5.16 Å². The van der Waals surface area contributed by atoms with Gasteiger partial charge in [-0.2, -0.15) is 0 Å². The summed E-state index contributed by atoms with van der Waals surface area (Å²) < 4.78 is 11.8. The Morgan fingerprint density at radius 2 is 1.92 bits per heavy atom. The lowest BCUT2D eigenvalue weighted by Crippen LogP contribution is -2.03. The average Bonchev–Trinajstić information content (AvgIpc) is 2.60. The Labute approximate surface area is 148 Å². The van der Waals surface area contributed by atoms with Gasteiger partial charge in [0, 0.05) is 23.5 Å². The zero-order chi connectivity index (χ0) is 18.1. The number of ether oxygens (including phenoxy) is 2. The molecule has 2 aromatic rings. The molecule has 0 aliphatic rings. The largest absolute Gasteiger partial charge is 0.490 e. The maximum Gasteiger partial charge on any atom is 0.125 e. The van der Waals surface area contributed by atoms with Crippen molar-refractivity contribution in [3.05, 3.63) is 65.0 Å². The van der Waals surface area contributed by atoms with E-state index in [0.29, 0.717) is 13.2 Å². The Bertz CT molecular complexity index is 731. The summed E-state index contributed by atoms with van der Waals surface area (Å²) in [5.74, 6) is 1.71. The van der Waals surface area contributed by atoms with Gasteiger partial charge in [0.2, 0.25) is 0 Å². The monoisotopic (exact) mass is 340 g/mol. The van der Waals surface area contributed by atoms with Crippen molar-refractivity contribution in [3.8, 4) is 11.5 Å². The van der Waals surface area contributed by atoms with Crippen molar-refractivity contribution in [3.63, 3.8) is 0 Å². The number of allylic oxidation sites excluding steroid dienone is 1. The highest BCUT2D eigenvalue weighted by Crippen LogP contribution is 2.29. The van der Waals surface area contributed by atoms with Crippen molar-refractivity contribution in [2.75, 3.05) is 13.7 Å². The van der Waals surface area contributed by atoms with Crippen LogP contribution in [-0.2, 0) is 11.4 Å². The van der Waals surface area contributed by atoms with Crippen LogP contribution < -0.4 is 9.47 Å². The number of nitrogens with zero attached hydrogens (tertiary/aromatic N) is 2. The summed E-state index contributed by atoms with van der Waals surface area (Å²) in [5, 5.41) is 3.80. The minimum Gasteiger partial charge on any atom is -0.490 e. The summed E-state index contributed by atoms with van der Waals surface area (Å²) in [6.45, 7) is 7.00. The molecule has 5 heteroatoms. The minimum atomic E-state index is 0.425. The molecule has 0 amide bonds. The van der Waals surface area contributed by atoms with Crippen LogP contribution in [0.2, 0.25) is 0 Å². The molecule has 0 saturated heterocycles. The first-order valence-corrected chi connectivity index (χ1v) is 8.13. The van der Waals surface area contributed by atoms with Crippen LogP contribution in [-0.4, -0.2) is 24.9 Å². The highest BCUT2D eigenvalue weighted by Gasteiger charge is 2.09. The molecule has 0 bridgehead atoms. The van der Waals surface area contributed by atoms with Crippen LogP contribution in [0.5, 0.6) is 11.5 Å². The molecule has 0 aliphatic carbocycles. The number of pyridine rings is 1. The van der Waals surface area contributed by atoms with E-state index >= 15 is 0 Å². The van der Waals surface area contributed by atoms with Crippen LogP contribution in [0.25, 0.3) is 0 Å². The van der Waals surface area contributed by atoms with E-state index < -0.39 is 0 Å². The molecule has 0 radical (unpaired) electrons. The van der Waals surface area contributed by atoms with Gasteiger partial charge in [0.25, 0.3) is 0 Å². The van der Waals surface area contributed by atoms with E-state index in [0.717, 1.165) is 33.8 Å². The average molecular weight is 340 g/mol. The molecule has 25 heavy (non-hydrogen) atoms. The summed E-state index contributed by atoms with van der Waals surface area (Å²) in [4.78, 5) is 8.85. The molecule has 0 aliphatic heterocycles. The van der Waals surface area contributed by atoms with Crippen LogP contribution in [0.15, 0.2) is 47.9 Å². The number of hydrogen-bond acceptors (Lipinski definition) is 5. The molecule has 5 nitrogen and oxygen atoms in total. The third-order valence-corrected chi connectivity index (χ3v) is 3.63. The van der Waals surface area contributed by atoms with Crippen molar-refractivity contribution >= 4 is 6.21 Å². The van der Waals surface area contributed by atoms with Gasteiger partial charge < -0.3 is 14.3 Å². The molecule has 0 atom stereocenters. The Kier molecular flexibility index (Phi) is 7.01. The number of benzene rings is 1. The van der Waals surface area contributed by atoms with Crippen molar-refractivity contribution in [1.82, 2.24) is 4.98 Å². The van der Waals surface area contributed by atoms with Crippen LogP contribution in [0.4, 0.5) is 0 Å². The zero-order valence-electron chi connectivity index (χ0n) is 15.2. The summed E-state index contributed by atoms with van der Waals surface area (Å²) in [7, 11) is 1.51. The minimum absolute atomic E-state index is 0.425. The third-order valence-electron chi connectivity index (χ3n) is 3.63. The van der Waals surface area contributed by atoms with Gasteiger partial charge in [-0.3, -0.25) is 4.98 Å². The Morgan fingerprint density at radius 3 is 2.60 bits per heavy atom. The van der Waals surface area contributed by atoms with Crippen LogP contribution in [0.3, 0.4) is 0 Å². The normalized spacial score (nSPS) is 11.2. The fourth-order valence-corrected chi connectivity index (χ4v) is 2.40. The van der Waals surface area contributed by atoms with Crippen LogP contribution in [0.1, 0.15) is 29.2 Å². The molecule has 132 valence electrons. The van der Waals surface area contributed by atoms with E-state index in [1.54, 1.807) is 18.6 Å². The predicted octanol–water partition coefficient (Wildman–Crippen LogP) is 4.21. The number of aromatic nitrogens is 1. The Balaban J connectivity index is 2.12. The number of rotatable bonds is 8. The second-order valence-corrected chi connectivity index (χ2v) is 5.55. The van der Waals surface area contributed by atoms with Gasteiger partial charge in [-0.25, -0.2) is 0 Å². The Hall–Kier alpha value is -2.82. The van der Waals surface area contributed by atoms with Crippen molar-refractivity contribution in [2.45, 2.75) is 27.4 Å². The maximum atomic E-state index is 6.06. The lowest BCUT2D eigenvalue weighted by molar-refractivity contribution is 0.215. The van der Waals surface area contributed by atoms with E-state index in [2.05, 4.69) is 10.1 Å². The van der Waals surface area contributed by atoms with Gasteiger partial charge in [-0.1, -0.05) is 17.3 Å². The molecule has 1 aromatic heterocycles. The molecular formula is C20H24N2O3. The predicted molar refractivity (Wildman–Crippen MR) is 99.4 cm³/mol. The van der Waals surface area contributed by atoms with Gasteiger partial charge in [0.05, 0.1) is 6.21 Å². The highest BCUT2D eigenvalue weighted by atomic mass is 16.6. The van der Waals surface area contributed by atoms with Gasteiger partial charge in [-0.05, 0) is 50.1 Å². The fraction of sp³-hybridized carbons (Fsp3) is 0.300. The number of oxime groups is 1. The first-order chi connectivity index (χ1) is 12.2. The lowest BCUT2D eigenvalue weighted by atomic mass is 10.1. The SMILES string of the molecule is C/C=C/COc1cc(C)c(OCc2ccncc2C=NOC)c(C)c1. The molecule has 0 spiro atoms. The quantitative estimate of drug-likeness (QED) is 0.410. The van der Waals surface area contributed by atoms with Crippen LogP contribution in [0, 0.1) is 13.8 Å². The second kappa shape index (κ2) is 9.47. The van der Waals surface area contributed by atoms with Crippen LogP contribution >= 0.6 is 0 Å². The molecule has 0 unspecified atom stereocenters. The van der Waals surface area contributed by atoms with Gasteiger partial charge >= 0.3 is 0 Å². The summed E-state index contributed by atoms with van der Waals surface area (Å²) in [6.07, 6.45) is 9.04. The van der Waals surface area contributed by atoms with Gasteiger partial charge in [-0.15, -0.1) is 0 Å². The summed E-state index contributed by atoms with van der Waals surface area (Å²) in [6, 6.07) is 5.90. The highest BCUT2D eigenvalue weighted by molar-refractivity contribution is 5.80. The van der Waals surface area contributed by atoms with Gasteiger partial charge in [0.1, 0.15) is 31.8 Å². The van der Waals surface area contributed by atoms with Crippen molar-refractivity contribution in [1.29, 1.82) is 0 Å². The lowest BCUT2D eigenvalue weighted by Gasteiger charge is -2.15. The molecule has 0 N–H and O–H groups in total. The maximum absolute atomic E-state index is 6.06. The van der Waals surface area contributed by atoms with E-state index in [-0.39, 0.29) is 0 Å². The van der Waals surface area contributed by atoms with E-state index in [9.17, 15) is 0 Å². The molecule has 0 saturated carbocycles. The third kappa shape index (κ3) is 5.35. The molecule has 1 heterocycles. The first kappa shape index (κ1) is 18.5. The van der Waals surface area contributed by atoms with E-state index in [1.165, 1.54) is 7.11 Å². The second-order valence-electron chi connectivity index (χ2n) is 5.55. The number of aryl methyl sites for hydroxylation is 2. The fourth-order valence-electron chi connectivity index (χ4n) is 2.40. The van der Waals surface area contributed by atoms with Gasteiger partial charge in [0.15, 0.2) is 0 Å². The zero-order valence-corrected chi connectivity index (χ0v) is 15.2. The summed E-state index contributed by atoms with van der Waals surface area (Å²) in [5.41, 5.74) is 3.93.